The minimum atomic E-state index is -3.17. The number of anilines is 1. The van der Waals surface area contributed by atoms with Gasteiger partial charge in [0.2, 0.25) is 21.8 Å². The van der Waals surface area contributed by atoms with Gasteiger partial charge in [0.1, 0.15) is 11.6 Å². The molecule has 1 aromatic carbocycles. The number of ether oxygens (including phenoxy) is 1. The number of piperazine rings is 1. The van der Waals surface area contributed by atoms with Crippen LogP contribution in [0.1, 0.15) is 32.3 Å². The van der Waals surface area contributed by atoms with E-state index < -0.39 is 10.0 Å². The van der Waals surface area contributed by atoms with Crippen molar-refractivity contribution in [2.45, 2.75) is 33.2 Å². The number of carbonyl (C=O) groups is 1. The van der Waals surface area contributed by atoms with Crippen LogP contribution in [0.5, 0.6) is 11.6 Å². The number of pyridine rings is 2. The zero-order valence-corrected chi connectivity index (χ0v) is 29.3. The summed E-state index contributed by atoms with van der Waals surface area (Å²) in [5.41, 5.74) is 2.58. The zero-order valence-electron chi connectivity index (χ0n) is 26.9. The molecule has 0 radical (unpaired) electrons. The highest BCUT2D eigenvalue weighted by molar-refractivity contribution is 7.89. The van der Waals surface area contributed by atoms with Crippen LogP contribution in [0.15, 0.2) is 48.7 Å². The lowest BCUT2D eigenvalue weighted by molar-refractivity contribution is -0.119. The average molecular weight is 705 g/mol. The number of amides is 1. The number of halogens is 2. The number of nitrogens with zero attached hydrogens (tertiary/aromatic N) is 5. The molecule has 11 nitrogen and oxygen atoms in total. The van der Waals surface area contributed by atoms with E-state index in [1.807, 2.05) is 30.3 Å². The van der Waals surface area contributed by atoms with Gasteiger partial charge in [0.05, 0.1) is 17.6 Å². The maximum atomic E-state index is 11.7. The first-order chi connectivity index (χ1) is 22.5. The van der Waals surface area contributed by atoms with Crippen molar-refractivity contribution in [2.24, 2.45) is 5.92 Å². The highest BCUT2D eigenvalue weighted by atomic mass is 35.5. The zero-order chi connectivity index (χ0) is 33.4. The van der Waals surface area contributed by atoms with Crippen LogP contribution in [0.25, 0.3) is 11.3 Å². The Bertz CT molecular complexity index is 1590. The largest absolute Gasteiger partial charge is 0.437 e. The molecule has 2 aromatic heterocycles. The molecule has 0 bridgehead atoms. The molecule has 0 spiro atoms. The summed E-state index contributed by atoms with van der Waals surface area (Å²) in [5.74, 6) is 2.49. The summed E-state index contributed by atoms with van der Waals surface area (Å²) in [4.78, 5) is 27.7. The van der Waals surface area contributed by atoms with Crippen LogP contribution in [0, 0.1) is 5.92 Å². The Labute approximate surface area is 287 Å². The van der Waals surface area contributed by atoms with Crippen molar-refractivity contribution in [2.75, 3.05) is 69.6 Å². The molecular formula is C33H43Cl2N7O4S. The molecule has 1 amide bonds. The predicted molar refractivity (Wildman–Crippen MR) is 187 cm³/mol. The molecule has 0 unspecified atom stereocenters. The first kappa shape index (κ1) is 35.3. The molecule has 0 atom stereocenters. The molecule has 0 aliphatic carbocycles. The van der Waals surface area contributed by atoms with E-state index in [9.17, 15) is 13.2 Å². The molecule has 254 valence electrons. The van der Waals surface area contributed by atoms with Crippen LogP contribution < -0.4 is 19.7 Å². The van der Waals surface area contributed by atoms with Gasteiger partial charge >= 0.3 is 0 Å². The number of hydrogen-bond donors (Lipinski definition) is 2. The smallest absolute Gasteiger partial charge is 0.220 e. The minimum Gasteiger partial charge on any atom is -0.437 e. The third kappa shape index (κ3) is 10.8. The monoisotopic (exact) mass is 703 g/mol. The van der Waals surface area contributed by atoms with Gasteiger partial charge in [0.25, 0.3) is 0 Å². The van der Waals surface area contributed by atoms with Crippen molar-refractivity contribution < 1.29 is 17.9 Å². The molecule has 0 saturated carbocycles. The number of sulfonamides is 1. The fourth-order valence-electron chi connectivity index (χ4n) is 5.85. The third-order valence-electron chi connectivity index (χ3n) is 8.54. The molecule has 2 aliphatic heterocycles. The maximum Gasteiger partial charge on any atom is 0.220 e. The van der Waals surface area contributed by atoms with Crippen LogP contribution in [-0.2, 0) is 21.4 Å². The molecule has 2 fully saturated rings. The van der Waals surface area contributed by atoms with Crippen LogP contribution in [-0.4, -0.2) is 98.7 Å². The summed E-state index contributed by atoms with van der Waals surface area (Å²) < 4.78 is 32.3. The van der Waals surface area contributed by atoms with Gasteiger partial charge in [-0.15, -0.1) is 0 Å². The number of piperidine rings is 1. The van der Waals surface area contributed by atoms with Gasteiger partial charge in [0, 0.05) is 81.0 Å². The predicted octanol–water partition coefficient (Wildman–Crippen LogP) is 4.65. The van der Waals surface area contributed by atoms with Crippen LogP contribution >= 0.6 is 23.2 Å². The lowest BCUT2D eigenvalue weighted by Crippen LogP contribution is -2.48. The molecule has 2 aliphatic rings. The maximum absolute atomic E-state index is 11.7. The summed E-state index contributed by atoms with van der Waals surface area (Å²) in [6, 6.07) is 13.3. The van der Waals surface area contributed by atoms with E-state index in [4.69, 9.17) is 32.9 Å². The highest BCUT2D eigenvalue weighted by Crippen LogP contribution is 2.31. The first-order valence-corrected chi connectivity index (χ1v) is 18.5. The number of aromatic nitrogens is 2. The normalized spacial score (nSPS) is 16.7. The minimum absolute atomic E-state index is 0.0159. The number of nitrogens with one attached hydrogen (secondary N) is 2. The fourth-order valence-corrected chi connectivity index (χ4v) is 6.98. The SMILES string of the molecule is CCS(=O)(=O)NCCN1CCN(c2ccc(Oc3cc(CN4CCC(CNC(C)=O)CC4)cc(-c4cc(Cl)cc(Cl)c4)n3)cn2)CC1. The Morgan fingerprint density at radius 3 is 2.34 bits per heavy atom. The summed E-state index contributed by atoms with van der Waals surface area (Å²) in [6.07, 6.45) is 3.77. The number of likely N-dealkylation sites (tertiary alicyclic amines) is 1. The second-order valence-corrected chi connectivity index (χ2v) is 15.1. The van der Waals surface area contributed by atoms with Crippen molar-refractivity contribution >= 4 is 45.0 Å². The topological polar surface area (TPSA) is 120 Å². The quantitative estimate of drug-likeness (QED) is 0.262. The molecule has 3 aromatic rings. The second kappa shape index (κ2) is 16.4. The van der Waals surface area contributed by atoms with Gasteiger partial charge in [-0.25, -0.2) is 23.1 Å². The van der Waals surface area contributed by atoms with E-state index in [-0.39, 0.29) is 11.7 Å². The molecule has 5 rings (SSSR count). The molecule has 2 saturated heterocycles. The molecular weight excluding hydrogens is 661 g/mol. The Balaban J connectivity index is 1.23. The van der Waals surface area contributed by atoms with Crippen molar-refractivity contribution in [1.29, 1.82) is 0 Å². The van der Waals surface area contributed by atoms with Crippen molar-refractivity contribution in [3.8, 4) is 22.9 Å². The van der Waals surface area contributed by atoms with Crippen molar-refractivity contribution in [3.63, 3.8) is 0 Å². The van der Waals surface area contributed by atoms with Gasteiger partial charge in [-0.05, 0) is 80.7 Å². The molecule has 14 heteroatoms. The van der Waals surface area contributed by atoms with Gasteiger partial charge in [-0.3, -0.25) is 14.6 Å². The number of benzene rings is 1. The van der Waals surface area contributed by atoms with Gasteiger partial charge in [0.15, 0.2) is 0 Å². The van der Waals surface area contributed by atoms with Gasteiger partial charge in [-0.2, -0.15) is 0 Å². The Morgan fingerprint density at radius 2 is 1.70 bits per heavy atom. The lowest BCUT2D eigenvalue weighted by Gasteiger charge is -2.35. The summed E-state index contributed by atoms with van der Waals surface area (Å²) in [7, 11) is -3.17. The van der Waals surface area contributed by atoms with Crippen molar-refractivity contribution in [3.05, 3.63) is 64.3 Å². The van der Waals surface area contributed by atoms with Crippen LogP contribution in [0.4, 0.5) is 5.82 Å². The van der Waals surface area contributed by atoms with E-state index in [2.05, 4.69) is 35.8 Å². The van der Waals surface area contributed by atoms with E-state index >= 15 is 0 Å². The van der Waals surface area contributed by atoms with Crippen molar-refractivity contribution in [1.82, 2.24) is 29.8 Å². The van der Waals surface area contributed by atoms with E-state index in [0.29, 0.717) is 46.4 Å². The van der Waals surface area contributed by atoms with E-state index in [1.54, 1.807) is 26.1 Å². The standard InChI is InChI=1S/C33H43Cl2N7O4S/c1-3-47(44,45)38-8-11-40-12-14-42(15-13-40)32-5-4-30(22-37-32)46-33-17-26(16-31(39-33)27-18-28(34)20-29(35)19-27)23-41-9-6-25(7-10-41)21-36-24(2)43/h4-5,16-20,22,25,38H,3,6-15,21,23H2,1-2H3,(H,36,43). The second-order valence-electron chi connectivity index (χ2n) is 12.1. The van der Waals surface area contributed by atoms with Gasteiger partial charge < -0.3 is 15.0 Å². The van der Waals surface area contributed by atoms with E-state index in [0.717, 1.165) is 82.1 Å². The Hall–Kier alpha value is -3.00. The number of hydrogen-bond acceptors (Lipinski definition) is 9. The number of rotatable bonds is 13. The Morgan fingerprint density at radius 1 is 0.979 bits per heavy atom. The van der Waals surface area contributed by atoms with E-state index in [1.165, 1.54) is 0 Å². The van der Waals surface area contributed by atoms with Gasteiger partial charge in [-0.1, -0.05) is 23.2 Å². The summed E-state index contributed by atoms with van der Waals surface area (Å²) in [6.45, 7) is 10.9. The molecule has 4 heterocycles. The average Bonchev–Trinajstić information content (AvgIpc) is 3.04. The van der Waals surface area contributed by atoms with Crippen LogP contribution in [0.3, 0.4) is 0 Å². The summed E-state index contributed by atoms with van der Waals surface area (Å²) in [5, 5.41) is 4.01. The van der Waals surface area contributed by atoms with Crippen LogP contribution in [0.2, 0.25) is 10.0 Å². The lowest BCUT2D eigenvalue weighted by atomic mass is 9.96. The Kier molecular flexibility index (Phi) is 12.3. The first-order valence-electron chi connectivity index (χ1n) is 16.1. The summed E-state index contributed by atoms with van der Waals surface area (Å²) >= 11 is 12.7. The molecule has 47 heavy (non-hydrogen) atoms. The number of carbonyl (C=O) groups excluding carboxylic acids is 1. The molecule has 2 N–H and O–H groups in total. The third-order valence-corrected chi connectivity index (χ3v) is 10.4. The highest BCUT2D eigenvalue weighted by Gasteiger charge is 2.21. The fraction of sp³-hybridized carbons (Fsp3) is 0.485.